The SMILES string of the molecule is CC1(C)O[C@H]([C@@H](CCc2ccccc2)C(=O)N[C@H]2c3ccccc3C[C@H]2O)[C@@H]([C@@H](CCc2ccccc2)C(=O)N[C@H]2c3ccccc3C[C@H]2O)O1. The summed E-state index contributed by atoms with van der Waals surface area (Å²) in [7, 11) is 0. The second-order valence-corrected chi connectivity index (χ2v) is 14.7. The smallest absolute Gasteiger partial charge is 0.226 e. The first-order chi connectivity index (χ1) is 24.7. The molecule has 4 N–H and O–H groups in total. The third-order valence-electron chi connectivity index (χ3n) is 10.8. The van der Waals surface area contributed by atoms with Crippen LogP contribution in [0.3, 0.4) is 0 Å². The summed E-state index contributed by atoms with van der Waals surface area (Å²) in [4.78, 5) is 29.1. The van der Waals surface area contributed by atoms with Gasteiger partial charge in [0.25, 0.3) is 0 Å². The fraction of sp³-hybridized carbons (Fsp3) is 0.395. The van der Waals surface area contributed by atoms with Crippen molar-refractivity contribution >= 4 is 11.8 Å². The monoisotopic (exact) mass is 688 g/mol. The van der Waals surface area contributed by atoms with Crippen LogP contribution in [0.4, 0.5) is 0 Å². The van der Waals surface area contributed by atoms with Crippen LogP contribution in [0.15, 0.2) is 109 Å². The predicted octanol–water partition coefficient (Wildman–Crippen LogP) is 5.55. The summed E-state index contributed by atoms with van der Waals surface area (Å²) in [5.74, 6) is -2.94. The van der Waals surface area contributed by atoms with Crippen molar-refractivity contribution in [3.05, 3.63) is 143 Å². The highest BCUT2D eigenvalue weighted by Crippen LogP contribution is 2.41. The van der Waals surface area contributed by atoms with Crippen LogP contribution in [0.5, 0.6) is 0 Å². The lowest BCUT2D eigenvalue weighted by molar-refractivity contribution is -0.158. The van der Waals surface area contributed by atoms with Crippen molar-refractivity contribution in [2.75, 3.05) is 0 Å². The number of ether oxygens (including phenoxy) is 2. The number of carbonyl (C=O) groups is 2. The first-order valence-electron chi connectivity index (χ1n) is 18.2. The van der Waals surface area contributed by atoms with Crippen LogP contribution in [-0.2, 0) is 44.7 Å². The van der Waals surface area contributed by atoms with Crippen molar-refractivity contribution in [2.45, 2.75) is 94.7 Å². The summed E-state index contributed by atoms with van der Waals surface area (Å²) in [6.45, 7) is 3.65. The number of aliphatic hydroxyl groups excluding tert-OH is 2. The maximum absolute atomic E-state index is 14.6. The molecule has 8 atom stereocenters. The quantitative estimate of drug-likeness (QED) is 0.155. The van der Waals surface area contributed by atoms with Gasteiger partial charge in [0.15, 0.2) is 5.79 Å². The largest absolute Gasteiger partial charge is 0.390 e. The van der Waals surface area contributed by atoms with E-state index < -0.39 is 54.1 Å². The molecule has 0 bridgehead atoms. The highest BCUT2D eigenvalue weighted by atomic mass is 16.8. The van der Waals surface area contributed by atoms with Crippen molar-refractivity contribution in [1.82, 2.24) is 10.6 Å². The second-order valence-electron chi connectivity index (χ2n) is 14.7. The van der Waals surface area contributed by atoms with Gasteiger partial charge in [-0.2, -0.15) is 0 Å². The van der Waals surface area contributed by atoms with Crippen LogP contribution in [-0.4, -0.2) is 52.2 Å². The summed E-state index contributed by atoms with van der Waals surface area (Å²) < 4.78 is 13.3. The molecule has 0 radical (unpaired) electrons. The van der Waals surface area contributed by atoms with E-state index in [-0.39, 0.29) is 11.8 Å². The molecule has 1 heterocycles. The Labute approximate surface area is 300 Å². The third kappa shape index (κ3) is 7.80. The summed E-state index contributed by atoms with van der Waals surface area (Å²) >= 11 is 0. The molecule has 2 amide bonds. The lowest BCUT2D eigenvalue weighted by atomic mass is 9.82. The zero-order valence-corrected chi connectivity index (χ0v) is 29.3. The zero-order chi connectivity index (χ0) is 35.5. The minimum Gasteiger partial charge on any atom is -0.390 e. The molecule has 0 unspecified atom stereocenters. The fourth-order valence-electron chi connectivity index (χ4n) is 8.28. The van der Waals surface area contributed by atoms with E-state index in [1.807, 2.05) is 123 Å². The summed E-state index contributed by atoms with van der Waals surface area (Å²) in [5, 5.41) is 28.5. The van der Waals surface area contributed by atoms with Gasteiger partial charge in [0.05, 0.1) is 48.3 Å². The third-order valence-corrected chi connectivity index (χ3v) is 10.8. The average Bonchev–Trinajstić information content (AvgIpc) is 3.74. The summed E-state index contributed by atoms with van der Waals surface area (Å²) in [5.41, 5.74) is 6.03. The highest BCUT2D eigenvalue weighted by Gasteiger charge is 2.52. The molecule has 2 aliphatic carbocycles. The minimum absolute atomic E-state index is 0.245. The molecule has 0 spiro atoms. The zero-order valence-electron chi connectivity index (χ0n) is 29.3. The molecule has 4 aromatic carbocycles. The Balaban J connectivity index is 1.21. The molecule has 3 aliphatic rings. The van der Waals surface area contributed by atoms with Crippen molar-refractivity contribution in [3.8, 4) is 0 Å². The van der Waals surface area contributed by atoms with E-state index in [9.17, 15) is 19.8 Å². The van der Waals surface area contributed by atoms with Gasteiger partial charge in [-0.3, -0.25) is 9.59 Å². The van der Waals surface area contributed by atoms with Crippen LogP contribution in [0.2, 0.25) is 0 Å². The number of carbonyl (C=O) groups excluding carboxylic acids is 2. The van der Waals surface area contributed by atoms with Crippen molar-refractivity contribution in [1.29, 1.82) is 0 Å². The number of rotatable bonds is 12. The number of aryl methyl sites for hydroxylation is 2. The first kappa shape index (κ1) is 35.1. The number of benzene rings is 4. The molecule has 0 saturated carbocycles. The van der Waals surface area contributed by atoms with Crippen LogP contribution in [0.25, 0.3) is 0 Å². The standard InChI is InChI=1S/C43H48N2O6/c1-43(2)50-39(33(23-21-27-13-5-3-6-14-27)41(48)44-37-31-19-11-9-17-29(31)25-35(37)46)40(51-43)34(24-22-28-15-7-4-8-16-28)42(49)45-38-32-20-12-10-18-30(32)26-36(38)47/h3-20,33-40,46-47H,21-26H2,1-2H3,(H,44,48)(H,45,49)/t33-,34-,35-,36-,37+,38+,39-,40-/m1/s1. The Kier molecular flexibility index (Phi) is 10.4. The topological polar surface area (TPSA) is 117 Å². The number of hydrogen-bond donors (Lipinski definition) is 4. The normalized spacial score (nSPS) is 25.8. The number of nitrogens with one attached hydrogen (secondary N) is 2. The van der Waals surface area contributed by atoms with E-state index in [4.69, 9.17) is 9.47 Å². The van der Waals surface area contributed by atoms with E-state index in [0.29, 0.717) is 38.5 Å². The molecule has 51 heavy (non-hydrogen) atoms. The van der Waals surface area contributed by atoms with Gasteiger partial charge in [-0.15, -0.1) is 0 Å². The van der Waals surface area contributed by atoms with Gasteiger partial charge in [-0.05, 0) is 72.9 Å². The molecule has 8 nitrogen and oxygen atoms in total. The van der Waals surface area contributed by atoms with Gasteiger partial charge in [-0.1, -0.05) is 109 Å². The maximum atomic E-state index is 14.6. The Morgan fingerprint density at radius 2 is 1.00 bits per heavy atom. The van der Waals surface area contributed by atoms with Crippen LogP contribution >= 0.6 is 0 Å². The molecule has 266 valence electrons. The van der Waals surface area contributed by atoms with Gasteiger partial charge in [0, 0.05) is 12.8 Å². The van der Waals surface area contributed by atoms with Gasteiger partial charge >= 0.3 is 0 Å². The Hall–Kier alpha value is -4.34. The number of hydrogen-bond acceptors (Lipinski definition) is 6. The molecule has 1 fully saturated rings. The maximum Gasteiger partial charge on any atom is 0.226 e. The molecular formula is C43H48N2O6. The Bertz CT molecular complexity index is 1680. The molecule has 0 aromatic heterocycles. The van der Waals surface area contributed by atoms with E-state index >= 15 is 0 Å². The molecule has 7 rings (SSSR count). The average molecular weight is 689 g/mol. The lowest BCUT2D eigenvalue weighted by Gasteiger charge is -2.32. The van der Waals surface area contributed by atoms with Crippen molar-refractivity contribution < 1.29 is 29.3 Å². The molecule has 8 heteroatoms. The van der Waals surface area contributed by atoms with Crippen LogP contribution in [0, 0.1) is 11.8 Å². The van der Waals surface area contributed by atoms with Crippen molar-refractivity contribution in [2.24, 2.45) is 11.8 Å². The Morgan fingerprint density at radius 1 is 0.627 bits per heavy atom. The lowest BCUT2D eigenvalue weighted by Crippen LogP contribution is -2.50. The van der Waals surface area contributed by atoms with E-state index in [0.717, 1.165) is 33.4 Å². The molecule has 4 aromatic rings. The molecule has 1 aliphatic heterocycles. The van der Waals surface area contributed by atoms with Gasteiger partial charge < -0.3 is 30.3 Å². The Morgan fingerprint density at radius 3 is 1.41 bits per heavy atom. The second kappa shape index (κ2) is 15.1. The first-order valence-corrected chi connectivity index (χ1v) is 18.2. The van der Waals surface area contributed by atoms with E-state index in [2.05, 4.69) is 10.6 Å². The number of amides is 2. The number of fused-ring (bicyclic) bond motifs is 2. The molecular weight excluding hydrogens is 640 g/mol. The van der Waals surface area contributed by atoms with Crippen molar-refractivity contribution in [3.63, 3.8) is 0 Å². The van der Waals surface area contributed by atoms with Gasteiger partial charge in [-0.25, -0.2) is 0 Å². The van der Waals surface area contributed by atoms with E-state index in [1.165, 1.54) is 0 Å². The van der Waals surface area contributed by atoms with Crippen LogP contribution < -0.4 is 10.6 Å². The highest BCUT2D eigenvalue weighted by molar-refractivity contribution is 5.82. The minimum atomic E-state index is -1.06. The molecule has 1 saturated heterocycles. The number of aliphatic hydroxyl groups is 2. The van der Waals surface area contributed by atoms with E-state index in [1.54, 1.807) is 0 Å². The fourth-order valence-corrected chi connectivity index (χ4v) is 8.28. The van der Waals surface area contributed by atoms with Gasteiger partial charge in [0.2, 0.25) is 11.8 Å². The predicted molar refractivity (Wildman–Crippen MR) is 194 cm³/mol. The summed E-state index contributed by atoms with van der Waals surface area (Å²) in [6.07, 6.45) is 0.0287. The summed E-state index contributed by atoms with van der Waals surface area (Å²) in [6, 6.07) is 34.5. The van der Waals surface area contributed by atoms with Gasteiger partial charge in [0.1, 0.15) is 0 Å². The van der Waals surface area contributed by atoms with Crippen LogP contribution in [0.1, 0.15) is 72.2 Å².